The fourth-order valence-electron chi connectivity index (χ4n) is 6.99. The van der Waals surface area contributed by atoms with Crippen LogP contribution < -0.4 is 25.3 Å². The van der Waals surface area contributed by atoms with Crippen molar-refractivity contribution in [3.05, 3.63) is 70.7 Å². The molecule has 6 N–H and O–H groups in total. The lowest BCUT2D eigenvalue weighted by molar-refractivity contribution is 0.280. The molecule has 0 saturated heterocycles. The number of aromatic nitrogens is 5. The molecule has 0 aliphatic rings. The number of hydrogen-bond acceptors (Lipinski definition) is 22. The average Bonchev–Trinajstić information content (AvgIpc) is 3.91. The maximum atomic E-state index is 12.2. The van der Waals surface area contributed by atoms with E-state index in [0.29, 0.717) is 58.3 Å². The van der Waals surface area contributed by atoms with Gasteiger partial charge < -0.3 is 35.5 Å². The molecule has 28 heteroatoms. The molecule has 0 bridgehead atoms. The molecule has 0 saturated carbocycles. The summed E-state index contributed by atoms with van der Waals surface area (Å²) >= 11 is 14.3. The SMILES string of the molecule is CCN(CC)c1ccc(/N=N/c2nc3c(S(=O)(=O)O)cc(Cl)cc3s2)c(Nc2nc(Nc3cc(N(CC)CC)ccc3/N=N/c3nc4c(S(=O)(=O)O)cc(Cl)cc4s3)nc(N(CCO)CCO)n2)c1. The Bertz CT molecular complexity index is 3090. The van der Waals surface area contributed by atoms with Crippen molar-refractivity contribution in [2.24, 2.45) is 20.5 Å². The van der Waals surface area contributed by atoms with Crippen LogP contribution in [-0.4, -0.2) is 114 Å². The second-order valence-corrected chi connectivity index (χ2v) is 20.2. The number of fused-ring (bicyclic) bond motifs is 2. The van der Waals surface area contributed by atoms with Gasteiger partial charge in [-0.3, -0.25) is 9.11 Å². The second kappa shape index (κ2) is 21.9. The van der Waals surface area contributed by atoms with Gasteiger partial charge in [-0.25, -0.2) is 9.97 Å². The molecule has 0 aliphatic heterocycles. The zero-order chi connectivity index (χ0) is 49.6. The molecule has 0 atom stereocenters. The van der Waals surface area contributed by atoms with Crippen LogP contribution in [0.1, 0.15) is 27.7 Å². The summed E-state index contributed by atoms with van der Waals surface area (Å²) in [6, 6.07) is 16.0. The summed E-state index contributed by atoms with van der Waals surface area (Å²) in [5, 5.41) is 44.4. The van der Waals surface area contributed by atoms with Crippen LogP contribution in [0.3, 0.4) is 0 Å². The first-order valence-corrected chi connectivity index (χ1v) is 26.2. The van der Waals surface area contributed by atoms with Crippen LogP contribution in [0.25, 0.3) is 20.4 Å². The Hall–Kier alpha value is -5.81. The van der Waals surface area contributed by atoms with Gasteiger partial charge in [-0.15, -0.1) is 20.5 Å². The van der Waals surface area contributed by atoms with E-state index >= 15 is 0 Å². The molecular formula is C41H44Cl2N14O8S4. The predicted molar refractivity (Wildman–Crippen MR) is 270 cm³/mol. The summed E-state index contributed by atoms with van der Waals surface area (Å²) < 4.78 is 69.0. The summed E-state index contributed by atoms with van der Waals surface area (Å²) in [6.07, 6.45) is 0. The lowest BCUT2D eigenvalue weighted by Crippen LogP contribution is -2.31. The summed E-state index contributed by atoms with van der Waals surface area (Å²) in [4.78, 5) is 27.6. The maximum Gasteiger partial charge on any atom is 0.296 e. The van der Waals surface area contributed by atoms with Gasteiger partial charge in [0.1, 0.15) is 32.2 Å². The van der Waals surface area contributed by atoms with Gasteiger partial charge in [0.25, 0.3) is 20.2 Å². The van der Waals surface area contributed by atoms with E-state index in [0.717, 1.165) is 46.2 Å². The zero-order valence-corrected chi connectivity index (χ0v) is 41.9. The van der Waals surface area contributed by atoms with Crippen LogP contribution in [-0.2, 0) is 20.2 Å². The van der Waals surface area contributed by atoms with Gasteiger partial charge in [-0.2, -0.15) is 31.8 Å². The normalized spacial score (nSPS) is 12.2. The monoisotopic (exact) mass is 1060 g/mol. The smallest absolute Gasteiger partial charge is 0.296 e. The number of rotatable bonds is 21. The van der Waals surface area contributed by atoms with E-state index in [1.54, 1.807) is 17.0 Å². The molecular weight excluding hydrogens is 1020 g/mol. The molecule has 0 fully saturated rings. The minimum Gasteiger partial charge on any atom is -0.395 e. The minimum atomic E-state index is -4.67. The van der Waals surface area contributed by atoms with E-state index < -0.39 is 30.0 Å². The van der Waals surface area contributed by atoms with E-state index in [4.69, 9.17) is 28.2 Å². The summed E-state index contributed by atoms with van der Waals surface area (Å²) in [7, 11) is -9.33. The number of aliphatic hydroxyl groups excluding tert-OH is 2. The highest BCUT2D eigenvalue weighted by Crippen LogP contribution is 2.40. The van der Waals surface area contributed by atoms with Gasteiger partial charge in [0.15, 0.2) is 0 Å². The third-order valence-electron chi connectivity index (χ3n) is 10.2. The average molecular weight is 1060 g/mol. The van der Waals surface area contributed by atoms with Gasteiger partial charge in [0.05, 0.1) is 34.0 Å². The third-order valence-corrected chi connectivity index (χ3v) is 14.2. The summed E-state index contributed by atoms with van der Waals surface area (Å²) in [5.74, 6) is 0.0967. The van der Waals surface area contributed by atoms with E-state index in [1.807, 2.05) is 52.0 Å². The van der Waals surface area contributed by atoms with Crippen LogP contribution in [0, 0.1) is 0 Å². The highest BCUT2D eigenvalue weighted by Gasteiger charge is 2.22. The Morgan fingerprint density at radius 3 is 1.33 bits per heavy atom. The molecule has 7 aromatic rings. The number of halogens is 2. The van der Waals surface area contributed by atoms with Crippen LogP contribution in [0.4, 0.5) is 62.2 Å². The first-order chi connectivity index (χ1) is 32.9. The maximum absolute atomic E-state index is 12.2. The van der Waals surface area contributed by atoms with E-state index in [1.165, 1.54) is 12.1 Å². The fourth-order valence-corrected chi connectivity index (χ4v) is 10.9. The molecule has 7 rings (SSSR count). The lowest BCUT2D eigenvalue weighted by atomic mass is 10.2. The number of nitrogens with zero attached hydrogens (tertiary/aromatic N) is 12. The minimum absolute atomic E-state index is 0.00907. The number of hydrogen-bond donors (Lipinski definition) is 6. The Kier molecular flexibility index (Phi) is 16.2. The third kappa shape index (κ3) is 12.1. The van der Waals surface area contributed by atoms with Crippen molar-refractivity contribution in [2.75, 3.05) is 77.8 Å². The van der Waals surface area contributed by atoms with Crippen molar-refractivity contribution in [1.82, 2.24) is 24.9 Å². The molecule has 69 heavy (non-hydrogen) atoms. The van der Waals surface area contributed by atoms with Gasteiger partial charge in [-0.1, -0.05) is 45.9 Å². The largest absolute Gasteiger partial charge is 0.395 e. The number of anilines is 7. The Morgan fingerprint density at radius 1 is 0.565 bits per heavy atom. The van der Waals surface area contributed by atoms with Crippen molar-refractivity contribution >= 4 is 149 Å². The highest BCUT2D eigenvalue weighted by atomic mass is 35.5. The molecule has 0 spiro atoms. The molecule has 3 heterocycles. The number of azo groups is 2. The van der Waals surface area contributed by atoms with Crippen molar-refractivity contribution in [1.29, 1.82) is 0 Å². The molecule has 4 aromatic carbocycles. The Balaban J connectivity index is 1.32. The summed E-state index contributed by atoms with van der Waals surface area (Å²) in [5.41, 5.74) is 2.96. The van der Waals surface area contributed by atoms with Crippen LogP contribution in [0.15, 0.2) is 90.9 Å². The zero-order valence-electron chi connectivity index (χ0n) is 37.1. The number of nitrogens with one attached hydrogen (secondary N) is 2. The van der Waals surface area contributed by atoms with Gasteiger partial charge in [-0.05, 0) is 88.4 Å². The van der Waals surface area contributed by atoms with Crippen LogP contribution >= 0.6 is 45.9 Å². The number of benzene rings is 4. The fraction of sp³-hybridized carbons (Fsp3) is 0.293. The van der Waals surface area contributed by atoms with E-state index in [-0.39, 0.29) is 75.5 Å². The predicted octanol–water partition coefficient (Wildman–Crippen LogP) is 9.69. The number of thiazole rings is 2. The molecule has 3 aromatic heterocycles. The molecule has 0 aliphatic carbocycles. The van der Waals surface area contributed by atoms with E-state index in [9.17, 15) is 36.2 Å². The van der Waals surface area contributed by atoms with Crippen LogP contribution in [0.5, 0.6) is 0 Å². The van der Waals surface area contributed by atoms with Gasteiger partial charge in [0.2, 0.25) is 28.1 Å². The van der Waals surface area contributed by atoms with Crippen molar-refractivity contribution < 1.29 is 36.2 Å². The first-order valence-electron chi connectivity index (χ1n) is 21.0. The molecule has 0 radical (unpaired) electrons. The molecule has 364 valence electrons. The Labute approximate surface area is 414 Å². The molecule has 22 nitrogen and oxygen atoms in total. The highest BCUT2D eigenvalue weighted by molar-refractivity contribution is 7.86. The lowest BCUT2D eigenvalue weighted by Gasteiger charge is -2.24. The standard InChI is InChI=1S/C41H44Cl2N14O8S4/c1-5-55(6-2)25-9-11-27(51-53-40-46-35-31(66-40)17-23(42)19-33(35)68(60,61)62)29(21-25)44-37-48-38(50-39(49-37)57(13-15-58)14-16-59)45-30-22-26(56(7-3)8-4)10-12-28(30)52-54-41-47-36-32(67-41)18-24(43)20-34(36)69(63,64)65/h9-12,17-22,58-59H,5-8,13-16H2,1-4H3,(H,60,61,62)(H,63,64,65)(H2,44,45,48,49,50)/b53-51+,54-52+. The van der Waals surface area contributed by atoms with Gasteiger partial charge in [0, 0.05) is 60.7 Å². The van der Waals surface area contributed by atoms with E-state index in [2.05, 4.69) is 60.8 Å². The van der Waals surface area contributed by atoms with Gasteiger partial charge >= 0.3 is 0 Å². The quantitative estimate of drug-likeness (QED) is 0.0288. The topological polar surface area (TPSA) is 297 Å². The summed E-state index contributed by atoms with van der Waals surface area (Å²) in [6.45, 7) is 10.2. The molecule has 0 unspecified atom stereocenters. The van der Waals surface area contributed by atoms with Crippen molar-refractivity contribution in [3.63, 3.8) is 0 Å². The molecule has 0 amide bonds. The Morgan fingerprint density at radius 2 is 0.971 bits per heavy atom. The van der Waals surface area contributed by atoms with Crippen molar-refractivity contribution in [2.45, 2.75) is 37.5 Å². The first kappa shape index (κ1) is 51.1. The second-order valence-electron chi connectivity index (χ2n) is 14.6. The number of aliphatic hydroxyl groups is 2. The van der Waals surface area contributed by atoms with Crippen LogP contribution in [0.2, 0.25) is 10.0 Å². The van der Waals surface area contributed by atoms with Crippen molar-refractivity contribution in [3.8, 4) is 0 Å².